The first kappa shape index (κ1) is 21.8. The van der Waals surface area contributed by atoms with Crippen LogP contribution in [0.15, 0.2) is 58.5 Å². The molecule has 0 aliphatic carbocycles. The lowest BCUT2D eigenvalue weighted by Crippen LogP contribution is -2.22. The number of amidine groups is 2. The molecule has 0 unspecified atom stereocenters. The fraction of sp³-hybridized carbons (Fsp3) is 0.273. The quantitative estimate of drug-likeness (QED) is 0.506. The highest BCUT2D eigenvalue weighted by atomic mass is 16.4. The summed E-state index contributed by atoms with van der Waals surface area (Å²) in [5, 5.41) is 19.9. The Balaban J connectivity index is 0.000000491. The van der Waals surface area contributed by atoms with Gasteiger partial charge in [-0.1, -0.05) is 31.2 Å². The van der Waals surface area contributed by atoms with Crippen LogP contribution in [0.5, 0.6) is 0 Å². The maximum atomic E-state index is 12.3. The number of rotatable bonds is 5. The number of amides is 2. The van der Waals surface area contributed by atoms with Crippen molar-refractivity contribution in [2.45, 2.75) is 13.3 Å². The van der Waals surface area contributed by atoms with E-state index >= 15 is 0 Å². The lowest BCUT2D eigenvalue weighted by Gasteiger charge is -2.10. The highest BCUT2D eigenvalue weighted by Gasteiger charge is 2.11. The average Bonchev–Trinajstić information content (AvgIpc) is 3.49. The summed E-state index contributed by atoms with van der Waals surface area (Å²) in [7, 11) is 0. The van der Waals surface area contributed by atoms with Gasteiger partial charge in [0.2, 0.25) is 0 Å². The molecular weight excluding hydrogens is 396 g/mol. The molecule has 2 aromatic carbocycles. The van der Waals surface area contributed by atoms with Crippen LogP contribution in [0, 0.1) is 0 Å². The summed E-state index contributed by atoms with van der Waals surface area (Å²) >= 11 is 0. The molecule has 2 aromatic rings. The van der Waals surface area contributed by atoms with Crippen LogP contribution in [-0.2, 0) is 4.79 Å². The molecule has 9 nitrogen and oxygen atoms in total. The van der Waals surface area contributed by atoms with Crippen LogP contribution in [0.4, 0.5) is 16.2 Å². The second-order valence-corrected chi connectivity index (χ2v) is 6.80. The minimum atomic E-state index is -0.745. The summed E-state index contributed by atoms with van der Waals surface area (Å²) < 4.78 is 0. The van der Waals surface area contributed by atoms with Gasteiger partial charge in [0.1, 0.15) is 11.7 Å². The van der Waals surface area contributed by atoms with Crippen molar-refractivity contribution in [1.82, 2.24) is 10.6 Å². The van der Waals surface area contributed by atoms with Gasteiger partial charge in [0, 0.05) is 42.0 Å². The molecule has 2 amide bonds. The van der Waals surface area contributed by atoms with E-state index < -0.39 is 5.97 Å². The van der Waals surface area contributed by atoms with Crippen LogP contribution >= 0.6 is 0 Å². The van der Waals surface area contributed by atoms with Crippen molar-refractivity contribution < 1.29 is 14.7 Å². The number of aliphatic carboxylic acids is 1. The van der Waals surface area contributed by atoms with Crippen LogP contribution in [0.2, 0.25) is 0 Å². The molecule has 0 bridgehead atoms. The summed E-state index contributed by atoms with van der Waals surface area (Å²) in [5.74, 6) is 0.989. The van der Waals surface area contributed by atoms with E-state index in [0.29, 0.717) is 0 Å². The predicted molar refractivity (Wildman–Crippen MR) is 122 cm³/mol. The van der Waals surface area contributed by atoms with Crippen molar-refractivity contribution in [3.05, 3.63) is 59.7 Å². The zero-order valence-corrected chi connectivity index (χ0v) is 17.3. The smallest absolute Gasteiger partial charge is 0.323 e. The molecule has 0 saturated carbocycles. The normalized spacial score (nSPS) is 14.2. The van der Waals surface area contributed by atoms with Gasteiger partial charge in [-0.3, -0.25) is 14.8 Å². The molecule has 0 saturated heterocycles. The van der Waals surface area contributed by atoms with E-state index in [4.69, 9.17) is 5.11 Å². The van der Waals surface area contributed by atoms with E-state index in [-0.39, 0.29) is 12.5 Å². The first-order valence-corrected chi connectivity index (χ1v) is 10.1. The highest BCUT2D eigenvalue weighted by Crippen LogP contribution is 2.15. The molecule has 0 aromatic heterocycles. The van der Waals surface area contributed by atoms with E-state index in [0.717, 1.165) is 60.4 Å². The molecule has 9 heteroatoms. The molecule has 5 N–H and O–H groups in total. The van der Waals surface area contributed by atoms with E-state index in [2.05, 4.69) is 31.3 Å². The molecule has 2 aliphatic rings. The first-order chi connectivity index (χ1) is 15.0. The zero-order valence-electron chi connectivity index (χ0n) is 17.3. The largest absolute Gasteiger partial charge is 0.481 e. The number of carbonyl (C=O) groups excluding carboxylic acids is 1. The Kier molecular flexibility index (Phi) is 7.58. The topological polar surface area (TPSA) is 127 Å². The van der Waals surface area contributed by atoms with Crippen LogP contribution in [0.1, 0.15) is 24.5 Å². The van der Waals surface area contributed by atoms with Gasteiger partial charge in [-0.05, 0) is 24.3 Å². The molecule has 0 fully saturated rings. The molecule has 0 radical (unpaired) electrons. The fourth-order valence-electron chi connectivity index (χ4n) is 2.96. The molecular formula is C22H26N6O3. The summed E-state index contributed by atoms with van der Waals surface area (Å²) in [5.41, 5.74) is 3.36. The number of carbonyl (C=O) groups is 2. The summed E-state index contributed by atoms with van der Waals surface area (Å²) in [4.78, 5) is 30.5. The monoisotopic (exact) mass is 422 g/mol. The second-order valence-electron chi connectivity index (χ2n) is 6.80. The number of nitrogens with one attached hydrogen (secondary N) is 4. The predicted octanol–water partition coefficient (Wildman–Crippen LogP) is 2.51. The van der Waals surface area contributed by atoms with Crippen molar-refractivity contribution in [1.29, 1.82) is 0 Å². The van der Waals surface area contributed by atoms with Crippen molar-refractivity contribution in [2.75, 3.05) is 36.8 Å². The summed E-state index contributed by atoms with van der Waals surface area (Å²) in [6, 6.07) is 15.0. The van der Waals surface area contributed by atoms with Crippen molar-refractivity contribution >= 4 is 35.0 Å². The van der Waals surface area contributed by atoms with Crippen molar-refractivity contribution in [3.8, 4) is 0 Å². The maximum Gasteiger partial charge on any atom is 0.323 e. The SMILES string of the molecule is CCC(=O)O.O=C(Nc1cccc(C2=NCCN2)c1)Nc1cccc(C2=NCCN2)c1. The molecule has 2 heterocycles. The Bertz CT molecular complexity index is 931. The number of hydrogen-bond donors (Lipinski definition) is 5. The number of carboxylic acids is 1. The first-order valence-electron chi connectivity index (χ1n) is 10.1. The number of carboxylic acid groups (broad SMARTS) is 1. The Labute approximate surface area is 180 Å². The van der Waals surface area contributed by atoms with Crippen molar-refractivity contribution in [2.24, 2.45) is 9.98 Å². The van der Waals surface area contributed by atoms with E-state index in [9.17, 15) is 9.59 Å². The molecule has 0 atom stereocenters. The minimum absolute atomic E-state index is 0.222. The minimum Gasteiger partial charge on any atom is -0.481 e. The number of urea groups is 1. The summed E-state index contributed by atoms with van der Waals surface area (Å²) in [6.45, 7) is 4.87. The zero-order chi connectivity index (χ0) is 22.1. The standard InChI is InChI=1S/C19H20N6O.C3H6O2/c26-19(24-15-5-1-3-13(11-15)17-20-7-8-21-17)25-16-6-2-4-14(12-16)18-22-9-10-23-18;1-2-3(4)5/h1-6,11-12H,7-10H2,(H,20,21)(H,22,23)(H2,24,25,26);2H2,1H3,(H,4,5). The fourth-order valence-corrected chi connectivity index (χ4v) is 2.96. The molecule has 31 heavy (non-hydrogen) atoms. The van der Waals surface area contributed by atoms with E-state index in [1.54, 1.807) is 6.92 Å². The van der Waals surface area contributed by atoms with Gasteiger partial charge >= 0.3 is 12.0 Å². The molecule has 0 spiro atoms. The Morgan fingerprint density at radius 3 is 1.71 bits per heavy atom. The lowest BCUT2D eigenvalue weighted by atomic mass is 10.2. The number of anilines is 2. The van der Waals surface area contributed by atoms with Gasteiger partial charge in [0.15, 0.2) is 0 Å². The molecule has 2 aliphatic heterocycles. The molecule has 162 valence electrons. The highest BCUT2D eigenvalue weighted by molar-refractivity contribution is 6.04. The van der Waals surface area contributed by atoms with E-state index in [1.807, 2.05) is 48.5 Å². The van der Waals surface area contributed by atoms with Gasteiger partial charge in [-0.25, -0.2) is 4.79 Å². The Hall–Kier alpha value is -3.88. The number of benzene rings is 2. The van der Waals surface area contributed by atoms with Gasteiger partial charge in [-0.2, -0.15) is 0 Å². The average molecular weight is 422 g/mol. The van der Waals surface area contributed by atoms with Crippen LogP contribution in [-0.4, -0.2) is 55.0 Å². The van der Waals surface area contributed by atoms with Crippen LogP contribution in [0.25, 0.3) is 0 Å². The van der Waals surface area contributed by atoms with Gasteiger partial charge < -0.3 is 26.4 Å². The Morgan fingerprint density at radius 2 is 1.35 bits per heavy atom. The van der Waals surface area contributed by atoms with Crippen LogP contribution < -0.4 is 21.3 Å². The third-order valence-corrected chi connectivity index (χ3v) is 4.44. The maximum absolute atomic E-state index is 12.3. The summed E-state index contributed by atoms with van der Waals surface area (Å²) in [6.07, 6.45) is 0.222. The van der Waals surface area contributed by atoms with E-state index in [1.165, 1.54) is 0 Å². The number of hydrogen-bond acceptors (Lipinski definition) is 6. The Morgan fingerprint density at radius 1 is 0.903 bits per heavy atom. The third-order valence-electron chi connectivity index (χ3n) is 4.44. The number of aliphatic imine (C=N–C) groups is 2. The van der Waals surface area contributed by atoms with Crippen molar-refractivity contribution in [3.63, 3.8) is 0 Å². The third kappa shape index (κ3) is 6.56. The van der Waals surface area contributed by atoms with Gasteiger partial charge in [0.25, 0.3) is 0 Å². The van der Waals surface area contributed by atoms with Gasteiger partial charge in [-0.15, -0.1) is 0 Å². The van der Waals surface area contributed by atoms with Crippen LogP contribution in [0.3, 0.4) is 0 Å². The van der Waals surface area contributed by atoms with Gasteiger partial charge in [0.05, 0.1) is 13.1 Å². The number of nitrogens with zero attached hydrogens (tertiary/aromatic N) is 2. The second kappa shape index (κ2) is 10.8. The molecule has 4 rings (SSSR count). The lowest BCUT2D eigenvalue weighted by molar-refractivity contribution is -0.136.